The highest BCUT2D eigenvalue weighted by atomic mass is 32.1. The van der Waals surface area contributed by atoms with Crippen molar-refractivity contribution >= 4 is 38.2 Å². The molecule has 0 aliphatic rings. The predicted molar refractivity (Wildman–Crippen MR) is 87.4 cm³/mol. The number of fused-ring (bicyclic) bond motifs is 1. The van der Waals surface area contributed by atoms with E-state index in [1.807, 2.05) is 24.3 Å². The molecule has 0 spiro atoms. The number of nitrogens with zero attached hydrogens (tertiary/aromatic N) is 4. The molecule has 1 aromatic carbocycles. The molecule has 0 aliphatic heterocycles. The number of para-hydroxylation sites is 1. The number of hydrogen-bond donors (Lipinski definition) is 1. The van der Waals surface area contributed by atoms with Gasteiger partial charge in [0.15, 0.2) is 5.13 Å². The van der Waals surface area contributed by atoms with Crippen molar-refractivity contribution in [2.24, 2.45) is 0 Å². The van der Waals surface area contributed by atoms with Gasteiger partial charge in [-0.3, -0.25) is 10.1 Å². The van der Waals surface area contributed by atoms with Gasteiger partial charge in [0.2, 0.25) is 5.82 Å². The Bertz CT molecular complexity index is 831. The second kappa shape index (κ2) is 6.13. The standard InChI is InChI=1S/C14H13N5O3S/c1-8(2)22-13-11(19(20)21)12(15-7-16-13)18-14-17-9-5-3-4-6-10(9)23-14/h3-8H,1-2H3,(H,15,16,17,18). The zero-order chi connectivity index (χ0) is 16.4. The van der Waals surface area contributed by atoms with Gasteiger partial charge in [0.05, 0.1) is 21.2 Å². The third-order valence-electron chi connectivity index (χ3n) is 2.84. The lowest BCUT2D eigenvalue weighted by molar-refractivity contribution is -0.385. The van der Waals surface area contributed by atoms with Gasteiger partial charge in [-0.25, -0.2) is 9.97 Å². The third-order valence-corrected chi connectivity index (χ3v) is 3.79. The quantitative estimate of drug-likeness (QED) is 0.563. The molecule has 118 valence electrons. The molecule has 0 bridgehead atoms. The summed E-state index contributed by atoms with van der Waals surface area (Å²) >= 11 is 1.39. The number of ether oxygens (including phenoxy) is 1. The topological polar surface area (TPSA) is 103 Å². The van der Waals surface area contributed by atoms with E-state index in [2.05, 4.69) is 20.3 Å². The Morgan fingerprint density at radius 1 is 1.30 bits per heavy atom. The number of anilines is 2. The maximum atomic E-state index is 11.4. The molecule has 0 unspecified atom stereocenters. The molecule has 1 N–H and O–H groups in total. The van der Waals surface area contributed by atoms with Gasteiger partial charge in [-0.15, -0.1) is 0 Å². The zero-order valence-electron chi connectivity index (χ0n) is 12.4. The molecule has 0 radical (unpaired) electrons. The van der Waals surface area contributed by atoms with E-state index < -0.39 is 4.92 Å². The third kappa shape index (κ3) is 3.19. The van der Waals surface area contributed by atoms with Crippen LogP contribution in [-0.2, 0) is 0 Å². The van der Waals surface area contributed by atoms with Crippen LogP contribution in [0, 0.1) is 10.1 Å². The van der Waals surface area contributed by atoms with Gasteiger partial charge < -0.3 is 10.1 Å². The molecule has 23 heavy (non-hydrogen) atoms. The number of rotatable bonds is 5. The summed E-state index contributed by atoms with van der Waals surface area (Å²) in [6.45, 7) is 3.54. The normalized spacial score (nSPS) is 10.9. The molecule has 0 aliphatic carbocycles. The molecule has 0 amide bonds. The van der Waals surface area contributed by atoms with Gasteiger partial charge in [-0.1, -0.05) is 23.5 Å². The van der Waals surface area contributed by atoms with Crippen molar-refractivity contribution < 1.29 is 9.66 Å². The fourth-order valence-electron chi connectivity index (χ4n) is 1.96. The number of hydrogen-bond acceptors (Lipinski definition) is 8. The van der Waals surface area contributed by atoms with Crippen LogP contribution in [0.4, 0.5) is 16.6 Å². The fourth-order valence-corrected chi connectivity index (χ4v) is 2.82. The van der Waals surface area contributed by atoms with Crippen LogP contribution in [0.2, 0.25) is 0 Å². The van der Waals surface area contributed by atoms with Crippen LogP contribution in [0.25, 0.3) is 10.2 Å². The van der Waals surface area contributed by atoms with Gasteiger partial charge in [0, 0.05) is 0 Å². The van der Waals surface area contributed by atoms with Crippen molar-refractivity contribution in [3.8, 4) is 5.88 Å². The first kappa shape index (κ1) is 15.1. The summed E-state index contributed by atoms with van der Waals surface area (Å²) in [6.07, 6.45) is 0.985. The molecule has 8 nitrogen and oxygen atoms in total. The maximum absolute atomic E-state index is 11.4. The van der Waals surface area contributed by atoms with Gasteiger partial charge in [-0.2, -0.15) is 4.98 Å². The Kier molecular flexibility index (Phi) is 4.02. The molecule has 2 aromatic heterocycles. The maximum Gasteiger partial charge on any atom is 0.373 e. The summed E-state index contributed by atoms with van der Waals surface area (Å²) in [5.41, 5.74) is 0.510. The Balaban J connectivity index is 2.00. The minimum absolute atomic E-state index is 0.0553. The van der Waals surface area contributed by atoms with Crippen LogP contribution in [0.15, 0.2) is 30.6 Å². The predicted octanol–water partition coefficient (Wildman–Crippen LogP) is 3.53. The number of nitrogens with one attached hydrogen (secondary N) is 1. The van der Waals surface area contributed by atoms with Crippen molar-refractivity contribution in [1.82, 2.24) is 15.0 Å². The summed E-state index contributed by atoms with van der Waals surface area (Å²) in [5.74, 6) is -0.0108. The molecule has 0 saturated carbocycles. The lowest BCUT2D eigenvalue weighted by atomic mass is 10.3. The minimum atomic E-state index is -0.562. The Labute approximate surface area is 135 Å². The van der Waals surface area contributed by atoms with Gasteiger partial charge in [0.1, 0.15) is 6.33 Å². The SMILES string of the molecule is CC(C)Oc1ncnc(Nc2nc3ccccc3s2)c1[N+](=O)[O-]. The Morgan fingerprint density at radius 2 is 2.09 bits per heavy atom. The van der Waals surface area contributed by atoms with Crippen molar-refractivity contribution in [2.75, 3.05) is 5.32 Å². The summed E-state index contributed by atoms with van der Waals surface area (Å²) in [6, 6.07) is 7.60. The fraction of sp³-hybridized carbons (Fsp3) is 0.214. The van der Waals surface area contributed by atoms with Crippen LogP contribution >= 0.6 is 11.3 Å². The van der Waals surface area contributed by atoms with Crippen LogP contribution in [0.5, 0.6) is 5.88 Å². The first-order valence-electron chi connectivity index (χ1n) is 6.83. The first-order valence-corrected chi connectivity index (χ1v) is 7.65. The number of aromatic nitrogens is 3. The zero-order valence-corrected chi connectivity index (χ0v) is 13.2. The van der Waals surface area contributed by atoms with E-state index in [0.29, 0.717) is 5.13 Å². The highest BCUT2D eigenvalue weighted by Gasteiger charge is 2.26. The second-order valence-electron chi connectivity index (χ2n) is 4.91. The molecule has 0 fully saturated rings. The van der Waals surface area contributed by atoms with E-state index in [-0.39, 0.29) is 23.5 Å². The highest BCUT2D eigenvalue weighted by Crippen LogP contribution is 2.35. The summed E-state index contributed by atoms with van der Waals surface area (Å²) in [4.78, 5) is 23.0. The van der Waals surface area contributed by atoms with Gasteiger partial charge in [-0.05, 0) is 26.0 Å². The molecular weight excluding hydrogens is 318 g/mol. The average Bonchev–Trinajstić information content (AvgIpc) is 2.88. The van der Waals surface area contributed by atoms with Crippen molar-refractivity contribution in [2.45, 2.75) is 20.0 Å². The number of benzene rings is 1. The molecule has 0 saturated heterocycles. The Morgan fingerprint density at radius 3 is 2.78 bits per heavy atom. The molecule has 0 atom stereocenters. The smallest absolute Gasteiger partial charge is 0.373 e. The molecule has 9 heteroatoms. The van der Waals surface area contributed by atoms with Crippen LogP contribution in [0.3, 0.4) is 0 Å². The summed E-state index contributed by atoms with van der Waals surface area (Å²) < 4.78 is 6.37. The lowest BCUT2D eigenvalue weighted by Gasteiger charge is -2.10. The minimum Gasteiger partial charge on any atom is -0.470 e. The Hall–Kier alpha value is -2.81. The van der Waals surface area contributed by atoms with Gasteiger partial charge >= 0.3 is 5.69 Å². The molecular formula is C14H13N5O3S. The summed E-state index contributed by atoms with van der Waals surface area (Å²) in [5, 5.41) is 14.8. The van der Waals surface area contributed by atoms with Crippen LogP contribution in [0.1, 0.15) is 13.8 Å². The van der Waals surface area contributed by atoms with E-state index in [0.717, 1.165) is 10.2 Å². The van der Waals surface area contributed by atoms with Crippen molar-refractivity contribution in [3.05, 3.63) is 40.7 Å². The first-order chi connectivity index (χ1) is 11.0. The van der Waals surface area contributed by atoms with Crippen LogP contribution < -0.4 is 10.1 Å². The van der Waals surface area contributed by atoms with Gasteiger partial charge in [0.25, 0.3) is 5.88 Å². The molecule has 3 aromatic rings. The molecule has 3 rings (SSSR count). The van der Waals surface area contributed by atoms with Crippen LogP contribution in [-0.4, -0.2) is 26.0 Å². The van der Waals surface area contributed by atoms with E-state index in [1.165, 1.54) is 17.7 Å². The molecule has 2 heterocycles. The monoisotopic (exact) mass is 331 g/mol. The van der Waals surface area contributed by atoms with Crippen molar-refractivity contribution in [3.63, 3.8) is 0 Å². The summed E-state index contributed by atoms with van der Waals surface area (Å²) in [7, 11) is 0. The lowest BCUT2D eigenvalue weighted by Crippen LogP contribution is -2.10. The van der Waals surface area contributed by atoms with E-state index in [1.54, 1.807) is 13.8 Å². The van der Waals surface area contributed by atoms with Crippen molar-refractivity contribution in [1.29, 1.82) is 0 Å². The number of nitro groups is 1. The van der Waals surface area contributed by atoms with E-state index >= 15 is 0 Å². The van der Waals surface area contributed by atoms with E-state index in [4.69, 9.17) is 4.74 Å². The van der Waals surface area contributed by atoms with E-state index in [9.17, 15) is 10.1 Å². The largest absolute Gasteiger partial charge is 0.470 e. The average molecular weight is 331 g/mol. The second-order valence-corrected chi connectivity index (χ2v) is 5.94. The number of thiazole rings is 1. The highest BCUT2D eigenvalue weighted by molar-refractivity contribution is 7.22.